The van der Waals surface area contributed by atoms with E-state index in [4.69, 9.17) is 5.26 Å². The summed E-state index contributed by atoms with van der Waals surface area (Å²) in [4.78, 5) is 12.4. The van der Waals surface area contributed by atoms with Crippen LogP contribution in [0.5, 0.6) is 0 Å². The molecule has 1 aromatic rings. The molecular formula is C24H35F3N2O4S. The van der Waals surface area contributed by atoms with E-state index in [1.807, 2.05) is 0 Å². The minimum Gasteiger partial charge on any atom is -0.380 e. The standard InChI is InChI=1S/C24H35F3N2O4S/c1-3-4-5-10-15-34(32,33)16-11-8-6-7-9-14-23(2,31)22(30)29-20-13-12-19(18-28)21(17-20)24(25,26)27/h12-13,17,31H,3-11,14-16H2,1-2H3,(H,29,30)/t23-/m0/s1. The van der Waals surface area contributed by atoms with Crippen LogP contribution in [0.4, 0.5) is 18.9 Å². The molecule has 2 N–H and O–H groups in total. The van der Waals surface area contributed by atoms with Crippen molar-refractivity contribution in [3.8, 4) is 6.07 Å². The second kappa shape index (κ2) is 13.7. The van der Waals surface area contributed by atoms with Gasteiger partial charge in [-0.2, -0.15) is 18.4 Å². The zero-order valence-electron chi connectivity index (χ0n) is 19.9. The van der Waals surface area contributed by atoms with Crippen LogP contribution in [0.3, 0.4) is 0 Å². The molecular weight excluding hydrogens is 469 g/mol. The number of hydrogen-bond donors (Lipinski definition) is 2. The molecule has 6 nitrogen and oxygen atoms in total. The van der Waals surface area contributed by atoms with Crippen LogP contribution in [0, 0.1) is 11.3 Å². The largest absolute Gasteiger partial charge is 0.417 e. The van der Waals surface area contributed by atoms with Crippen molar-refractivity contribution in [1.29, 1.82) is 5.26 Å². The van der Waals surface area contributed by atoms with Gasteiger partial charge in [-0.25, -0.2) is 8.42 Å². The molecule has 1 aromatic carbocycles. The molecule has 0 unspecified atom stereocenters. The molecule has 0 aromatic heterocycles. The first-order valence-corrected chi connectivity index (χ1v) is 13.5. The second-order valence-electron chi connectivity index (χ2n) is 8.83. The third-order valence-corrected chi connectivity index (χ3v) is 7.44. The fourth-order valence-electron chi connectivity index (χ4n) is 3.51. The Hall–Kier alpha value is -2.12. The van der Waals surface area contributed by atoms with Gasteiger partial charge >= 0.3 is 6.18 Å². The van der Waals surface area contributed by atoms with Gasteiger partial charge in [-0.15, -0.1) is 0 Å². The van der Waals surface area contributed by atoms with Crippen molar-refractivity contribution in [2.75, 3.05) is 16.8 Å². The van der Waals surface area contributed by atoms with Crippen molar-refractivity contribution in [3.05, 3.63) is 29.3 Å². The number of hydrogen-bond acceptors (Lipinski definition) is 5. The highest BCUT2D eigenvalue weighted by Gasteiger charge is 2.35. The summed E-state index contributed by atoms with van der Waals surface area (Å²) in [6.45, 7) is 3.37. The summed E-state index contributed by atoms with van der Waals surface area (Å²) in [6.07, 6.45) is 2.35. The molecule has 0 aliphatic rings. The highest BCUT2D eigenvalue weighted by atomic mass is 32.2. The van der Waals surface area contributed by atoms with Crippen molar-refractivity contribution in [3.63, 3.8) is 0 Å². The molecule has 0 spiro atoms. The lowest BCUT2D eigenvalue weighted by atomic mass is 9.96. The Morgan fingerprint density at radius 1 is 1.03 bits per heavy atom. The lowest BCUT2D eigenvalue weighted by Crippen LogP contribution is -2.40. The van der Waals surface area contributed by atoms with Crippen molar-refractivity contribution in [2.45, 2.75) is 89.8 Å². The molecule has 10 heteroatoms. The van der Waals surface area contributed by atoms with E-state index in [9.17, 15) is 31.5 Å². The van der Waals surface area contributed by atoms with E-state index in [1.54, 1.807) is 0 Å². The van der Waals surface area contributed by atoms with Crippen LogP contribution in [-0.2, 0) is 20.8 Å². The van der Waals surface area contributed by atoms with Gasteiger partial charge in [0.25, 0.3) is 5.91 Å². The average Bonchev–Trinajstić information content (AvgIpc) is 2.75. The van der Waals surface area contributed by atoms with Crippen LogP contribution in [0.15, 0.2) is 18.2 Å². The van der Waals surface area contributed by atoms with Gasteiger partial charge in [0, 0.05) is 5.69 Å². The highest BCUT2D eigenvalue weighted by molar-refractivity contribution is 7.91. The van der Waals surface area contributed by atoms with Gasteiger partial charge < -0.3 is 10.4 Å². The molecule has 34 heavy (non-hydrogen) atoms. The molecule has 0 saturated carbocycles. The van der Waals surface area contributed by atoms with Crippen LogP contribution < -0.4 is 5.32 Å². The van der Waals surface area contributed by atoms with Crippen LogP contribution in [0.1, 0.15) is 89.2 Å². The molecule has 1 amide bonds. The number of nitrogens with one attached hydrogen (secondary N) is 1. The number of anilines is 1. The summed E-state index contributed by atoms with van der Waals surface area (Å²) in [6, 6.07) is 4.29. The molecule has 1 rings (SSSR count). The zero-order valence-corrected chi connectivity index (χ0v) is 20.7. The number of carbonyl (C=O) groups excluding carboxylic acids is 1. The molecule has 192 valence electrons. The maximum absolute atomic E-state index is 13.1. The quantitative estimate of drug-likeness (QED) is 0.302. The van der Waals surface area contributed by atoms with Crippen molar-refractivity contribution < 1.29 is 31.5 Å². The van der Waals surface area contributed by atoms with E-state index < -0.39 is 38.6 Å². The zero-order chi connectivity index (χ0) is 25.8. The molecule has 0 fully saturated rings. The number of carbonyl (C=O) groups is 1. The third kappa shape index (κ3) is 10.9. The van der Waals surface area contributed by atoms with E-state index in [1.165, 1.54) is 19.1 Å². The number of halogens is 3. The monoisotopic (exact) mass is 504 g/mol. The predicted molar refractivity (Wildman–Crippen MR) is 126 cm³/mol. The fourth-order valence-corrected chi connectivity index (χ4v) is 5.00. The molecule has 0 radical (unpaired) electrons. The first kappa shape index (κ1) is 29.9. The van der Waals surface area contributed by atoms with Crippen LogP contribution in [0.25, 0.3) is 0 Å². The summed E-state index contributed by atoms with van der Waals surface area (Å²) >= 11 is 0. The number of benzene rings is 1. The van der Waals surface area contributed by atoms with Gasteiger partial charge in [-0.3, -0.25) is 4.79 Å². The summed E-state index contributed by atoms with van der Waals surface area (Å²) in [5, 5.41) is 21.6. The van der Waals surface area contributed by atoms with E-state index in [-0.39, 0.29) is 23.6 Å². The smallest absolute Gasteiger partial charge is 0.380 e. The predicted octanol–water partition coefficient (Wildman–Crippen LogP) is 5.60. The summed E-state index contributed by atoms with van der Waals surface area (Å²) in [7, 11) is -3.02. The van der Waals surface area contributed by atoms with Crippen molar-refractivity contribution >= 4 is 21.4 Å². The molecule has 0 saturated heterocycles. The maximum Gasteiger partial charge on any atom is 0.417 e. The van der Waals surface area contributed by atoms with Gasteiger partial charge in [-0.05, 0) is 44.4 Å². The SMILES string of the molecule is CCCCCCS(=O)(=O)CCCCCCC[C@](C)(O)C(=O)Nc1ccc(C#N)c(C(F)(F)F)c1. The van der Waals surface area contributed by atoms with Crippen LogP contribution in [0.2, 0.25) is 0 Å². The number of nitriles is 1. The number of aliphatic hydroxyl groups is 1. The Labute approximate surface area is 200 Å². The van der Waals surface area contributed by atoms with E-state index in [0.29, 0.717) is 31.7 Å². The lowest BCUT2D eigenvalue weighted by molar-refractivity contribution is -0.138. The molecule has 0 bridgehead atoms. The van der Waals surface area contributed by atoms with Crippen molar-refractivity contribution in [2.24, 2.45) is 0 Å². The number of amides is 1. The highest BCUT2D eigenvalue weighted by Crippen LogP contribution is 2.33. The van der Waals surface area contributed by atoms with Gasteiger partial charge in [0.15, 0.2) is 0 Å². The lowest BCUT2D eigenvalue weighted by Gasteiger charge is -2.22. The van der Waals surface area contributed by atoms with Crippen molar-refractivity contribution in [1.82, 2.24) is 0 Å². The summed E-state index contributed by atoms with van der Waals surface area (Å²) < 4.78 is 63.2. The van der Waals surface area contributed by atoms with E-state index in [0.717, 1.165) is 38.2 Å². The minimum absolute atomic E-state index is 0.108. The normalized spacial score (nSPS) is 13.8. The Balaban J connectivity index is 2.41. The summed E-state index contributed by atoms with van der Waals surface area (Å²) in [5.41, 5.74) is -3.65. The number of rotatable bonds is 15. The number of alkyl halides is 3. The van der Waals surface area contributed by atoms with Crippen LogP contribution in [-0.4, -0.2) is 36.5 Å². The number of sulfone groups is 1. The summed E-state index contributed by atoms with van der Waals surface area (Å²) in [5.74, 6) is -0.433. The van der Waals surface area contributed by atoms with E-state index >= 15 is 0 Å². The Morgan fingerprint density at radius 3 is 2.15 bits per heavy atom. The Kier molecular flexibility index (Phi) is 12.0. The van der Waals surface area contributed by atoms with E-state index in [2.05, 4.69) is 12.2 Å². The van der Waals surface area contributed by atoms with Crippen LogP contribution >= 0.6 is 0 Å². The second-order valence-corrected chi connectivity index (χ2v) is 11.1. The molecule has 0 aliphatic carbocycles. The average molecular weight is 505 g/mol. The fraction of sp³-hybridized carbons (Fsp3) is 0.667. The minimum atomic E-state index is -4.75. The topological polar surface area (TPSA) is 107 Å². The van der Waals surface area contributed by atoms with Gasteiger partial charge in [0.05, 0.1) is 28.7 Å². The van der Waals surface area contributed by atoms with Gasteiger partial charge in [-0.1, -0.05) is 51.9 Å². The van der Waals surface area contributed by atoms with Gasteiger partial charge in [0.1, 0.15) is 15.4 Å². The maximum atomic E-state index is 13.1. The third-order valence-electron chi connectivity index (χ3n) is 5.62. The first-order chi connectivity index (χ1) is 15.8. The Bertz CT molecular complexity index is 939. The first-order valence-electron chi connectivity index (χ1n) is 11.7. The number of unbranched alkanes of at least 4 members (excludes halogenated alkanes) is 7. The van der Waals surface area contributed by atoms with Gasteiger partial charge in [0.2, 0.25) is 0 Å². The molecule has 0 aliphatic heterocycles. The molecule has 0 heterocycles. The molecule has 1 atom stereocenters. The Morgan fingerprint density at radius 2 is 1.59 bits per heavy atom. The number of nitrogens with zero attached hydrogens (tertiary/aromatic N) is 1.